The summed E-state index contributed by atoms with van der Waals surface area (Å²) in [7, 11) is 1.97. The maximum absolute atomic E-state index is 12.4. The number of amides is 1. The van der Waals surface area contributed by atoms with Gasteiger partial charge < -0.3 is 24.9 Å². The summed E-state index contributed by atoms with van der Waals surface area (Å²) in [6, 6.07) is 3.13. The van der Waals surface area contributed by atoms with Crippen LogP contribution in [0.15, 0.2) is 18.2 Å². The molecule has 1 amide bonds. The number of hydrogen-bond acceptors (Lipinski definition) is 6. The van der Waals surface area contributed by atoms with Gasteiger partial charge in [0, 0.05) is 26.2 Å². The summed E-state index contributed by atoms with van der Waals surface area (Å²) in [4.78, 5) is 27.2. The van der Waals surface area contributed by atoms with Crippen LogP contribution in [0, 0.1) is 0 Å². The van der Waals surface area contributed by atoms with Crippen LogP contribution in [-0.2, 0) is 4.79 Å². The van der Waals surface area contributed by atoms with Gasteiger partial charge >= 0.3 is 25.0 Å². The predicted molar refractivity (Wildman–Crippen MR) is 84.9 cm³/mol. The Labute approximate surface area is 166 Å². The number of alkyl halides is 3. The first kappa shape index (κ1) is 23.3. The van der Waals surface area contributed by atoms with Crippen LogP contribution in [0.4, 0.5) is 18.9 Å². The Morgan fingerprint density at radius 1 is 1.22 bits per heavy atom. The summed E-state index contributed by atoms with van der Waals surface area (Å²) in [6.45, 7) is 1.45. The monoisotopic (exact) mass is 381 g/mol. The fourth-order valence-electron chi connectivity index (χ4n) is 2.44. The van der Waals surface area contributed by atoms with Crippen molar-refractivity contribution in [3.8, 4) is 5.75 Å². The van der Waals surface area contributed by atoms with Gasteiger partial charge in [-0.3, -0.25) is 9.69 Å². The molecular formula is C16H19F3LiN3O4. The van der Waals surface area contributed by atoms with Crippen molar-refractivity contribution in [3.63, 3.8) is 0 Å². The molecule has 7 nitrogen and oxygen atoms in total. The molecule has 11 heteroatoms. The molecule has 1 aromatic carbocycles. The van der Waals surface area contributed by atoms with Gasteiger partial charge in [0.1, 0.15) is 5.75 Å². The largest absolute Gasteiger partial charge is 1.00 e. The Kier molecular flexibility index (Phi) is 8.62. The first-order chi connectivity index (χ1) is 12.1. The minimum absolute atomic E-state index is 0. The molecule has 1 saturated heterocycles. The predicted octanol–water partition coefficient (Wildman–Crippen LogP) is -2.82. The van der Waals surface area contributed by atoms with Crippen molar-refractivity contribution in [3.05, 3.63) is 23.8 Å². The number of rotatable bonds is 6. The molecule has 1 aliphatic rings. The van der Waals surface area contributed by atoms with Gasteiger partial charge in [0.2, 0.25) is 5.91 Å². The second-order valence-electron chi connectivity index (χ2n) is 6.03. The molecule has 1 N–H and O–H groups in total. The quantitative estimate of drug-likeness (QED) is 0.536. The maximum atomic E-state index is 12.4. The van der Waals surface area contributed by atoms with E-state index < -0.39 is 24.7 Å². The number of carbonyl (C=O) groups excluding carboxylic acids is 2. The van der Waals surface area contributed by atoms with Gasteiger partial charge in [-0.2, -0.15) is 13.2 Å². The molecule has 0 bridgehead atoms. The normalized spacial score (nSPS) is 15.7. The molecule has 0 radical (unpaired) electrons. The van der Waals surface area contributed by atoms with Crippen molar-refractivity contribution in [1.29, 1.82) is 0 Å². The average molecular weight is 381 g/mol. The molecule has 0 unspecified atom stereocenters. The molecule has 0 aromatic heterocycles. The van der Waals surface area contributed by atoms with E-state index >= 15 is 0 Å². The van der Waals surface area contributed by atoms with E-state index in [0.717, 1.165) is 31.3 Å². The van der Waals surface area contributed by atoms with Crippen molar-refractivity contribution < 1.29 is 51.5 Å². The summed E-state index contributed by atoms with van der Waals surface area (Å²) in [5.74, 6) is -2.25. The molecule has 1 heterocycles. The summed E-state index contributed by atoms with van der Waals surface area (Å²) in [5.41, 5.74) is -0.422. The van der Waals surface area contributed by atoms with E-state index in [4.69, 9.17) is 0 Å². The van der Waals surface area contributed by atoms with Crippen LogP contribution < -0.4 is 34.0 Å². The third-order valence-electron chi connectivity index (χ3n) is 3.84. The molecule has 1 aromatic rings. The Bertz CT molecular complexity index is 665. The molecule has 1 fully saturated rings. The minimum Gasteiger partial charge on any atom is -0.545 e. The van der Waals surface area contributed by atoms with Crippen molar-refractivity contribution >= 4 is 17.6 Å². The number of benzene rings is 1. The number of piperazine rings is 1. The Hall–Kier alpha value is -1.73. The molecule has 27 heavy (non-hydrogen) atoms. The summed E-state index contributed by atoms with van der Waals surface area (Å²) in [6.07, 6.45) is -4.56. The topological polar surface area (TPSA) is 84.9 Å². The number of carbonyl (C=O) groups is 2. The van der Waals surface area contributed by atoms with E-state index in [2.05, 4.69) is 15.0 Å². The van der Waals surface area contributed by atoms with E-state index in [0.29, 0.717) is 13.1 Å². The molecule has 2 rings (SSSR count). The Balaban J connectivity index is 0.00000364. The molecular weight excluding hydrogens is 362 g/mol. The number of carboxylic acid groups (broad SMARTS) is 1. The van der Waals surface area contributed by atoms with Crippen molar-refractivity contribution in [2.45, 2.75) is 6.18 Å². The van der Waals surface area contributed by atoms with Crippen molar-refractivity contribution in [1.82, 2.24) is 9.80 Å². The third-order valence-corrected chi connectivity index (χ3v) is 3.84. The van der Waals surface area contributed by atoms with Crippen LogP contribution >= 0.6 is 0 Å². The molecule has 1 aliphatic heterocycles. The molecule has 0 aliphatic carbocycles. The van der Waals surface area contributed by atoms with E-state index in [1.54, 1.807) is 0 Å². The van der Waals surface area contributed by atoms with Crippen molar-refractivity contribution in [2.75, 3.05) is 51.7 Å². The van der Waals surface area contributed by atoms with E-state index in [1.807, 2.05) is 11.9 Å². The first-order valence-corrected chi connectivity index (χ1v) is 7.90. The van der Waals surface area contributed by atoms with Gasteiger partial charge in [-0.25, -0.2) is 0 Å². The SMILES string of the molecule is CN1CCN(CC(=O)Nc2cc(C(=O)[O-])ccc2OCC(F)(F)F)CC1.[Li+]. The zero-order chi connectivity index (χ0) is 19.3. The van der Waals surface area contributed by atoms with Crippen LogP contribution in [0.25, 0.3) is 0 Å². The maximum Gasteiger partial charge on any atom is 1.00 e. The van der Waals surface area contributed by atoms with Crippen molar-refractivity contribution in [2.24, 2.45) is 0 Å². The summed E-state index contributed by atoms with van der Waals surface area (Å²) >= 11 is 0. The van der Waals surface area contributed by atoms with Crippen LogP contribution in [0.2, 0.25) is 0 Å². The van der Waals surface area contributed by atoms with Crippen LogP contribution in [0.5, 0.6) is 5.75 Å². The number of aromatic carboxylic acids is 1. The van der Waals surface area contributed by atoms with Gasteiger partial charge in [0.05, 0.1) is 18.2 Å². The minimum atomic E-state index is -4.56. The standard InChI is InChI=1S/C16H20F3N3O4.Li/c1-21-4-6-22(7-5-21)9-14(23)20-12-8-11(15(24)25)2-3-13(12)26-10-16(17,18)19;/h2-3,8H,4-7,9-10H2,1H3,(H,20,23)(H,24,25);/q;+1/p-1. The van der Waals surface area contributed by atoms with Gasteiger partial charge in [-0.05, 0) is 30.8 Å². The fraction of sp³-hybridized carbons (Fsp3) is 0.500. The number of likely N-dealkylation sites (N-methyl/N-ethyl adjacent to an activating group) is 1. The fourth-order valence-corrected chi connectivity index (χ4v) is 2.44. The smallest absolute Gasteiger partial charge is 0.545 e. The number of nitrogens with zero attached hydrogens (tertiary/aromatic N) is 2. The molecule has 0 spiro atoms. The van der Waals surface area contributed by atoms with Crippen LogP contribution in [0.1, 0.15) is 10.4 Å². The first-order valence-electron chi connectivity index (χ1n) is 7.90. The van der Waals surface area contributed by atoms with E-state index in [1.165, 1.54) is 0 Å². The second-order valence-corrected chi connectivity index (χ2v) is 6.03. The van der Waals surface area contributed by atoms with Gasteiger partial charge in [0.25, 0.3) is 0 Å². The van der Waals surface area contributed by atoms with Gasteiger partial charge in [-0.15, -0.1) is 0 Å². The Morgan fingerprint density at radius 2 is 1.85 bits per heavy atom. The zero-order valence-electron chi connectivity index (χ0n) is 15.1. The summed E-state index contributed by atoms with van der Waals surface area (Å²) in [5, 5.41) is 13.4. The zero-order valence-corrected chi connectivity index (χ0v) is 15.1. The number of anilines is 1. The second kappa shape index (κ2) is 9.99. The van der Waals surface area contributed by atoms with Crippen LogP contribution in [0.3, 0.4) is 0 Å². The molecule has 0 saturated carbocycles. The van der Waals surface area contributed by atoms with E-state index in [-0.39, 0.29) is 42.4 Å². The average Bonchev–Trinajstić information content (AvgIpc) is 2.54. The Morgan fingerprint density at radius 3 is 2.41 bits per heavy atom. The molecule has 0 atom stereocenters. The number of halogens is 3. The third kappa shape index (κ3) is 7.80. The van der Waals surface area contributed by atoms with Crippen LogP contribution in [-0.4, -0.2) is 74.2 Å². The summed E-state index contributed by atoms with van der Waals surface area (Å²) < 4.78 is 41.7. The van der Waals surface area contributed by atoms with E-state index in [9.17, 15) is 27.9 Å². The van der Waals surface area contributed by atoms with Gasteiger partial charge in [0.15, 0.2) is 6.61 Å². The molecule has 144 valence electrons. The number of nitrogens with one attached hydrogen (secondary N) is 1. The van der Waals surface area contributed by atoms with Gasteiger partial charge in [-0.1, -0.05) is 0 Å². The number of ether oxygens (including phenoxy) is 1. The number of hydrogen-bond donors (Lipinski definition) is 1. The number of carboxylic acids is 1.